The molecular formula is C21H24N4O2S. The monoisotopic (exact) mass is 396 g/mol. The van der Waals surface area contributed by atoms with Gasteiger partial charge in [0.05, 0.1) is 5.75 Å². The van der Waals surface area contributed by atoms with Gasteiger partial charge in [0.2, 0.25) is 5.91 Å². The lowest BCUT2D eigenvalue weighted by molar-refractivity contribution is -0.118. The van der Waals surface area contributed by atoms with Gasteiger partial charge in [-0.05, 0) is 62.6 Å². The van der Waals surface area contributed by atoms with Gasteiger partial charge in [-0.1, -0.05) is 17.8 Å². The predicted molar refractivity (Wildman–Crippen MR) is 112 cm³/mol. The van der Waals surface area contributed by atoms with E-state index in [4.69, 9.17) is 0 Å². The highest BCUT2D eigenvalue weighted by Gasteiger charge is 2.11. The molecule has 2 aromatic heterocycles. The minimum absolute atomic E-state index is 0.140. The van der Waals surface area contributed by atoms with Crippen molar-refractivity contribution >= 4 is 17.7 Å². The van der Waals surface area contributed by atoms with Crippen LogP contribution in [0.25, 0.3) is 5.69 Å². The first-order valence-corrected chi connectivity index (χ1v) is 10.0. The SMILES string of the molecule is Cc1cc(C)c(CNC(=O)CSc2nccn2-c2ccc(C)c(C)c2)c(=O)[nH]1. The lowest BCUT2D eigenvalue weighted by Crippen LogP contribution is -2.29. The van der Waals surface area contributed by atoms with E-state index in [0.29, 0.717) is 5.56 Å². The summed E-state index contributed by atoms with van der Waals surface area (Å²) in [4.78, 5) is 31.4. The second kappa shape index (κ2) is 8.48. The summed E-state index contributed by atoms with van der Waals surface area (Å²) in [6, 6.07) is 8.12. The van der Waals surface area contributed by atoms with Crippen molar-refractivity contribution in [2.75, 3.05) is 5.75 Å². The third-order valence-electron chi connectivity index (χ3n) is 4.66. The molecule has 0 atom stereocenters. The van der Waals surface area contributed by atoms with Gasteiger partial charge in [-0.2, -0.15) is 0 Å². The predicted octanol–water partition coefficient (Wildman–Crippen LogP) is 3.20. The molecule has 0 bridgehead atoms. The van der Waals surface area contributed by atoms with Gasteiger partial charge in [0, 0.05) is 35.9 Å². The van der Waals surface area contributed by atoms with Crippen molar-refractivity contribution in [3.63, 3.8) is 0 Å². The summed E-state index contributed by atoms with van der Waals surface area (Å²) >= 11 is 1.37. The van der Waals surface area contributed by atoms with E-state index in [2.05, 4.69) is 41.3 Å². The third kappa shape index (κ3) is 4.54. The summed E-state index contributed by atoms with van der Waals surface area (Å²) in [6.07, 6.45) is 3.62. The van der Waals surface area contributed by atoms with Crippen LogP contribution in [0.2, 0.25) is 0 Å². The first kappa shape index (κ1) is 19.9. The van der Waals surface area contributed by atoms with Gasteiger partial charge < -0.3 is 10.3 Å². The molecule has 0 saturated carbocycles. The highest BCUT2D eigenvalue weighted by molar-refractivity contribution is 7.99. The highest BCUT2D eigenvalue weighted by atomic mass is 32.2. The van der Waals surface area contributed by atoms with Crippen LogP contribution in [0.3, 0.4) is 0 Å². The van der Waals surface area contributed by atoms with Crippen LogP contribution < -0.4 is 10.9 Å². The van der Waals surface area contributed by atoms with Crippen molar-refractivity contribution in [1.29, 1.82) is 0 Å². The maximum absolute atomic E-state index is 12.3. The average Bonchev–Trinajstić information content (AvgIpc) is 3.10. The fraction of sp³-hybridized carbons (Fsp3) is 0.286. The quantitative estimate of drug-likeness (QED) is 0.627. The van der Waals surface area contributed by atoms with Crippen molar-refractivity contribution in [2.24, 2.45) is 0 Å². The lowest BCUT2D eigenvalue weighted by Gasteiger charge is -2.10. The molecule has 1 aromatic carbocycles. The molecule has 28 heavy (non-hydrogen) atoms. The zero-order valence-corrected chi connectivity index (χ0v) is 17.3. The van der Waals surface area contributed by atoms with E-state index in [1.54, 1.807) is 6.20 Å². The van der Waals surface area contributed by atoms with Gasteiger partial charge in [0.15, 0.2) is 5.16 Å². The molecule has 146 valence electrons. The molecule has 0 unspecified atom stereocenters. The topological polar surface area (TPSA) is 79.8 Å². The van der Waals surface area contributed by atoms with Crippen molar-refractivity contribution in [2.45, 2.75) is 39.4 Å². The van der Waals surface area contributed by atoms with E-state index in [9.17, 15) is 9.59 Å². The van der Waals surface area contributed by atoms with Gasteiger partial charge in [0.1, 0.15) is 0 Å². The van der Waals surface area contributed by atoms with Crippen LogP contribution in [0, 0.1) is 27.7 Å². The number of aryl methyl sites for hydroxylation is 4. The summed E-state index contributed by atoms with van der Waals surface area (Å²) in [6.45, 7) is 8.08. The number of aromatic nitrogens is 3. The Hall–Kier alpha value is -2.80. The molecule has 0 aliphatic heterocycles. The molecule has 2 N–H and O–H groups in total. The van der Waals surface area contributed by atoms with E-state index in [-0.39, 0.29) is 23.8 Å². The minimum atomic E-state index is -0.157. The summed E-state index contributed by atoms with van der Waals surface area (Å²) < 4.78 is 1.97. The van der Waals surface area contributed by atoms with E-state index in [1.165, 1.54) is 22.9 Å². The molecule has 0 fully saturated rings. The van der Waals surface area contributed by atoms with E-state index >= 15 is 0 Å². The highest BCUT2D eigenvalue weighted by Crippen LogP contribution is 2.22. The Balaban J connectivity index is 1.62. The fourth-order valence-corrected chi connectivity index (χ4v) is 3.74. The molecule has 1 amide bonds. The number of H-pyrrole nitrogens is 1. The summed E-state index contributed by atoms with van der Waals surface area (Å²) in [5, 5.41) is 3.57. The Kier molecular flexibility index (Phi) is 6.04. The molecule has 0 saturated heterocycles. The van der Waals surface area contributed by atoms with E-state index < -0.39 is 0 Å². The largest absolute Gasteiger partial charge is 0.351 e. The molecule has 3 rings (SSSR count). The molecule has 3 aromatic rings. The Morgan fingerprint density at radius 3 is 2.64 bits per heavy atom. The van der Waals surface area contributed by atoms with Crippen molar-refractivity contribution in [3.05, 3.63) is 75.0 Å². The smallest absolute Gasteiger partial charge is 0.253 e. The number of hydrogen-bond acceptors (Lipinski definition) is 4. The number of nitrogens with zero attached hydrogens (tertiary/aromatic N) is 2. The normalized spacial score (nSPS) is 10.9. The summed E-state index contributed by atoms with van der Waals surface area (Å²) in [7, 11) is 0. The summed E-state index contributed by atoms with van der Waals surface area (Å²) in [5.41, 5.74) is 5.57. The Labute approximate surface area is 168 Å². The molecule has 0 radical (unpaired) electrons. The number of carbonyl (C=O) groups is 1. The van der Waals surface area contributed by atoms with Crippen molar-refractivity contribution < 1.29 is 4.79 Å². The van der Waals surface area contributed by atoms with Crippen LogP contribution in [-0.2, 0) is 11.3 Å². The number of hydrogen-bond donors (Lipinski definition) is 2. The number of thioether (sulfide) groups is 1. The Bertz CT molecular complexity index is 1070. The number of benzene rings is 1. The van der Waals surface area contributed by atoms with Crippen LogP contribution >= 0.6 is 11.8 Å². The fourth-order valence-electron chi connectivity index (χ4n) is 2.94. The first-order chi connectivity index (χ1) is 13.3. The molecule has 0 aliphatic rings. The lowest BCUT2D eigenvalue weighted by atomic mass is 10.1. The number of aromatic amines is 1. The standard InChI is InChI=1S/C21H24N4O2S/c1-13-5-6-17(10-14(13)2)25-8-7-22-21(25)28-12-19(26)23-11-18-15(3)9-16(4)24-20(18)27/h5-10H,11-12H2,1-4H3,(H,23,26)(H,24,27). The maximum atomic E-state index is 12.3. The second-order valence-electron chi connectivity index (χ2n) is 6.86. The Morgan fingerprint density at radius 1 is 1.14 bits per heavy atom. The van der Waals surface area contributed by atoms with Gasteiger partial charge in [-0.15, -0.1) is 0 Å². The third-order valence-corrected chi connectivity index (χ3v) is 5.63. The van der Waals surface area contributed by atoms with E-state index in [1.807, 2.05) is 36.7 Å². The zero-order chi connectivity index (χ0) is 20.3. The number of imidazole rings is 1. The number of carbonyl (C=O) groups excluding carboxylic acids is 1. The molecule has 0 aliphatic carbocycles. The van der Waals surface area contributed by atoms with Crippen LogP contribution in [-0.4, -0.2) is 26.2 Å². The first-order valence-electron chi connectivity index (χ1n) is 9.05. The van der Waals surface area contributed by atoms with Gasteiger partial charge in [-0.3, -0.25) is 14.2 Å². The van der Waals surface area contributed by atoms with Gasteiger partial charge in [0.25, 0.3) is 5.56 Å². The van der Waals surface area contributed by atoms with Crippen molar-refractivity contribution in [3.8, 4) is 5.69 Å². The number of pyridine rings is 1. The number of amides is 1. The van der Waals surface area contributed by atoms with Crippen LogP contribution in [0.15, 0.2) is 46.6 Å². The zero-order valence-electron chi connectivity index (χ0n) is 16.5. The molecule has 2 heterocycles. The van der Waals surface area contributed by atoms with Crippen LogP contribution in [0.5, 0.6) is 0 Å². The average molecular weight is 397 g/mol. The van der Waals surface area contributed by atoms with Crippen molar-refractivity contribution in [1.82, 2.24) is 19.9 Å². The van der Waals surface area contributed by atoms with E-state index in [0.717, 1.165) is 22.1 Å². The van der Waals surface area contributed by atoms with Crippen LogP contribution in [0.1, 0.15) is 27.9 Å². The molecular weight excluding hydrogens is 372 g/mol. The maximum Gasteiger partial charge on any atom is 0.253 e. The van der Waals surface area contributed by atoms with Crippen LogP contribution in [0.4, 0.5) is 0 Å². The summed E-state index contributed by atoms with van der Waals surface area (Å²) in [5.74, 6) is 0.0871. The van der Waals surface area contributed by atoms with Gasteiger partial charge >= 0.3 is 0 Å². The molecule has 0 spiro atoms. The minimum Gasteiger partial charge on any atom is -0.351 e. The second-order valence-corrected chi connectivity index (χ2v) is 7.80. The van der Waals surface area contributed by atoms with Gasteiger partial charge in [-0.25, -0.2) is 4.98 Å². The molecule has 6 nitrogen and oxygen atoms in total. The number of rotatable bonds is 6. The number of nitrogens with one attached hydrogen (secondary N) is 2. The Morgan fingerprint density at radius 2 is 1.93 bits per heavy atom. The molecule has 7 heteroatoms.